The maximum atomic E-state index is 5.45. The third-order valence-corrected chi connectivity index (χ3v) is 5.05. The summed E-state index contributed by atoms with van der Waals surface area (Å²) in [5.74, 6) is 1.75. The molecule has 25 heavy (non-hydrogen) atoms. The Balaban J connectivity index is 1.85. The SMILES string of the molecule is CN=C(NCC(c1ccccc1)N(C)C)N(C)CCC1CCOCC1. The van der Waals surface area contributed by atoms with Crippen molar-refractivity contribution in [1.29, 1.82) is 0 Å². The van der Waals surface area contributed by atoms with E-state index in [1.807, 2.05) is 7.05 Å². The molecule has 1 aromatic rings. The van der Waals surface area contributed by atoms with E-state index in [2.05, 4.69) is 71.6 Å². The van der Waals surface area contributed by atoms with Crippen LogP contribution in [0.4, 0.5) is 0 Å². The molecule has 0 aliphatic carbocycles. The Hall–Kier alpha value is -1.59. The number of guanidine groups is 1. The molecule has 1 aromatic carbocycles. The van der Waals surface area contributed by atoms with E-state index in [1.54, 1.807) is 0 Å². The molecule has 0 amide bonds. The van der Waals surface area contributed by atoms with Crippen LogP contribution in [0.1, 0.15) is 30.9 Å². The van der Waals surface area contributed by atoms with Gasteiger partial charge in [0.2, 0.25) is 0 Å². The van der Waals surface area contributed by atoms with E-state index in [0.29, 0.717) is 6.04 Å². The molecule has 1 N–H and O–H groups in total. The first kappa shape index (κ1) is 19.7. The third kappa shape index (κ3) is 6.33. The van der Waals surface area contributed by atoms with Gasteiger partial charge in [0.25, 0.3) is 0 Å². The van der Waals surface area contributed by atoms with E-state index < -0.39 is 0 Å². The summed E-state index contributed by atoms with van der Waals surface area (Å²) in [6.07, 6.45) is 3.59. The van der Waals surface area contributed by atoms with Crippen molar-refractivity contribution in [2.45, 2.75) is 25.3 Å². The number of hydrogen-bond donors (Lipinski definition) is 1. The van der Waals surface area contributed by atoms with Crippen molar-refractivity contribution in [3.63, 3.8) is 0 Å². The predicted octanol–water partition coefficient (Wildman–Crippen LogP) is 2.61. The molecule has 1 fully saturated rings. The maximum absolute atomic E-state index is 5.45. The van der Waals surface area contributed by atoms with E-state index in [9.17, 15) is 0 Å². The predicted molar refractivity (Wildman–Crippen MR) is 105 cm³/mol. The standard InChI is InChI=1S/C20H34N4O/c1-21-20(24(4)13-10-17-11-14-25-15-12-17)22-16-19(23(2)3)18-8-6-5-7-9-18/h5-9,17,19H,10-16H2,1-4H3,(H,21,22). The topological polar surface area (TPSA) is 40.1 Å². The molecule has 1 saturated heterocycles. The summed E-state index contributed by atoms with van der Waals surface area (Å²) in [6.45, 7) is 3.71. The Morgan fingerprint density at radius 3 is 2.48 bits per heavy atom. The highest BCUT2D eigenvalue weighted by Gasteiger charge is 2.17. The molecule has 2 rings (SSSR count). The molecule has 1 atom stereocenters. The van der Waals surface area contributed by atoms with Crippen molar-refractivity contribution >= 4 is 5.96 Å². The maximum Gasteiger partial charge on any atom is 0.193 e. The van der Waals surface area contributed by atoms with Gasteiger partial charge in [-0.15, -0.1) is 0 Å². The minimum atomic E-state index is 0.321. The highest BCUT2D eigenvalue weighted by molar-refractivity contribution is 5.79. The highest BCUT2D eigenvalue weighted by atomic mass is 16.5. The first-order valence-electron chi connectivity index (χ1n) is 9.32. The molecule has 0 aromatic heterocycles. The number of likely N-dealkylation sites (N-methyl/N-ethyl adjacent to an activating group) is 1. The average Bonchev–Trinajstić information content (AvgIpc) is 2.64. The lowest BCUT2D eigenvalue weighted by molar-refractivity contribution is 0.0625. The lowest BCUT2D eigenvalue weighted by Gasteiger charge is -2.29. The van der Waals surface area contributed by atoms with Crippen molar-refractivity contribution in [3.8, 4) is 0 Å². The molecule has 0 radical (unpaired) electrons. The van der Waals surface area contributed by atoms with Crippen LogP contribution in [0, 0.1) is 5.92 Å². The van der Waals surface area contributed by atoms with Crippen molar-refractivity contribution in [3.05, 3.63) is 35.9 Å². The van der Waals surface area contributed by atoms with Crippen LogP contribution in [0.3, 0.4) is 0 Å². The fourth-order valence-electron chi connectivity index (χ4n) is 3.36. The third-order valence-electron chi connectivity index (χ3n) is 5.05. The number of hydrogen-bond acceptors (Lipinski definition) is 3. The Morgan fingerprint density at radius 2 is 1.88 bits per heavy atom. The Bertz CT molecular complexity index is 512. The number of aliphatic imine (C=N–C) groups is 1. The molecule has 1 aliphatic heterocycles. The smallest absolute Gasteiger partial charge is 0.193 e. The summed E-state index contributed by atoms with van der Waals surface area (Å²) < 4.78 is 5.45. The summed E-state index contributed by atoms with van der Waals surface area (Å²) >= 11 is 0. The summed E-state index contributed by atoms with van der Waals surface area (Å²) in [6, 6.07) is 10.9. The van der Waals surface area contributed by atoms with Gasteiger partial charge in [0.05, 0.1) is 6.04 Å². The fourth-order valence-corrected chi connectivity index (χ4v) is 3.36. The molecule has 1 unspecified atom stereocenters. The first-order chi connectivity index (χ1) is 12.1. The monoisotopic (exact) mass is 346 g/mol. The van der Waals surface area contributed by atoms with Gasteiger partial charge in [-0.25, -0.2) is 0 Å². The van der Waals surface area contributed by atoms with E-state index in [-0.39, 0.29) is 0 Å². The zero-order valence-electron chi connectivity index (χ0n) is 16.2. The lowest BCUT2D eigenvalue weighted by atomic mass is 9.96. The molecule has 1 aliphatic rings. The average molecular weight is 347 g/mol. The van der Waals surface area contributed by atoms with Gasteiger partial charge < -0.3 is 19.9 Å². The van der Waals surface area contributed by atoms with Crippen LogP contribution in [-0.2, 0) is 4.74 Å². The van der Waals surface area contributed by atoms with Gasteiger partial charge in [-0.2, -0.15) is 0 Å². The summed E-state index contributed by atoms with van der Waals surface area (Å²) in [7, 11) is 8.23. The van der Waals surface area contributed by atoms with E-state index in [1.165, 1.54) is 24.8 Å². The van der Waals surface area contributed by atoms with Crippen molar-refractivity contribution in [2.75, 3.05) is 54.5 Å². The molecule has 140 valence electrons. The quantitative estimate of drug-likeness (QED) is 0.609. The van der Waals surface area contributed by atoms with Gasteiger partial charge in [-0.05, 0) is 44.8 Å². The molecular formula is C20H34N4O. The molecular weight excluding hydrogens is 312 g/mol. The number of rotatable bonds is 7. The van der Waals surface area contributed by atoms with Crippen LogP contribution in [0.25, 0.3) is 0 Å². The zero-order chi connectivity index (χ0) is 18.1. The minimum absolute atomic E-state index is 0.321. The summed E-state index contributed by atoms with van der Waals surface area (Å²) in [4.78, 5) is 8.96. The first-order valence-corrected chi connectivity index (χ1v) is 9.32. The van der Waals surface area contributed by atoms with Gasteiger partial charge in [-0.3, -0.25) is 4.99 Å². The largest absolute Gasteiger partial charge is 0.381 e. The summed E-state index contributed by atoms with van der Waals surface area (Å²) in [5.41, 5.74) is 1.32. The zero-order valence-corrected chi connectivity index (χ0v) is 16.2. The molecule has 5 heteroatoms. The van der Waals surface area contributed by atoms with Crippen LogP contribution in [0.5, 0.6) is 0 Å². The van der Waals surface area contributed by atoms with Gasteiger partial charge in [-0.1, -0.05) is 30.3 Å². The van der Waals surface area contributed by atoms with Gasteiger partial charge >= 0.3 is 0 Å². The van der Waals surface area contributed by atoms with E-state index >= 15 is 0 Å². The normalized spacial score (nSPS) is 17.6. The molecule has 1 heterocycles. The van der Waals surface area contributed by atoms with Crippen molar-refractivity contribution < 1.29 is 4.74 Å². The van der Waals surface area contributed by atoms with Gasteiger partial charge in [0, 0.05) is 40.4 Å². The Labute approximate surface area is 153 Å². The minimum Gasteiger partial charge on any atom is -0.381 e. The Morgan fingerprint density at radius 1 is 1.20 bits per heavy atom. The molecule has 5 nitrogen and oxygen atoms in total. The van der Waals surface area contributed by atoms with Crippen LogP contribution >= 0.6 is 0 Å². The van der Waals surface area contributed by atoms with E-state index in [0.717, 1.165) is 38.2 Å². The Kier molecular flexibility index (Phi) is 8.22. The van der Waals surface area contributed by atoms with Gasteiger partial charge in [0.1, 0.15) is 0 Å². The second-order valence-corrected chi connectivity index (χ2v) is 7.08. The highest BCUT2D eigenvalue weighted by Crippen LogP contribution is 2.19. The van der Waals surface area contributed by atoms with E-state index in [4.69, 9.17) is 4.74 Å². The summed E-state index contributed by atoms with van der Waals surface area (Å²) in [5, 5.41) is 3.55. The fraction of sp³-hybridized carbons (Fsp3) is 0.650. The van der Waals surface area contributed by atoms with Crippen molar-refractivity contribution in [1.82, 2.24) is 15.1 Å². The van der Waals surface area contributed by atoms with Crippen LogP contribution in [-0.4, -0.2) is 70.3 Å². The second kappa shape index (κ2) is 10.4. The van der Waals surface area contributed by atoms with Crippen LogP contribution in [0.15, 0.2) is 35.3 Å². The molecule has 0 spiro atoms. The van der Waals surface area contributed by atoms with Gasteiger partial charge in [0.15, 0.2) is 5.96 Å². The number of nitrogens with one attached hydrogen (secondary N) is 1. The van der Waals surface area contributed by atoms with Crippen molar-refractivity contribution in [2.24, 2.45) is 10.9 Å². The second-order valence-electron chi connectivity index (χ2n) is 7.08. The molecule has 0 bridgehead atoms. The lowest BCUT2D eigenvalue weighted by Crippen LogP contribution is -2.43. The van der Waals surface area contributed by atoms with Crippen LogP contribution in [0.2, 0.25) is 0 Å². The van der Waals surface area contributed by atoms with Crippen LogP contribution < -0.4 is 5.32 Å². The number of nitrogens with zero attached hydrogens (tertiary/aromatic N) is 3. The number of benzene rings is 1. The number of ether oxygens (including phenoxy) is 1. The molecule has 0 saturated carbocycles.